The third kappa shape index (κ3) is 9.05. The van der Waals surface area contributed by atoms with Crippen molar-refractivity contribution in [3.8, 4) is 0 Å². The van der Waals surface area contributed by atoms with Crippen LogP contribution in [0.5, 0.6) is 0 Å². The Balaban J connectivity index is 1.25. The van der Waals surface area contributed by atoms with Crippen molar-refractivity contribution in [3.63, 3.8) is 0 Å². The van der Waals surface area contributed by atoms with E-state index < -0.39 is 50.1 Å². The summed E-state index contributed by atoms with van der Waals surface area (Å²) in [7, 11) is 1.19. The quantitative estimate of drug-likeness (QED) is 0.115. The van der Waals surface area contributed by atoms with Crippen LogP contribution in [0.1, 0.15) is 87.0 Å². The molecule has 0 aromatic heterocycles. The summed E-state index contributed by atoms with van der Waals surface area (Å²) < 4.78 is 64.2. The summed E-state index contributed by atoms with van der Waals surface area (Å²) in [6.45, 7) is 19.7. The zero-order valence-corrected chi connectivity index (χ0v) is 38.3. The molecular weight excluding hydrogens is 773 g/mol. The van der Waals surface area contributed by atoms with Crippen LogP contribution >= 0.6 is 0 Å². The first-order valence-electron chi connectivity index (χ1n) is 22.2. The number of hydrogen-bond donors (Lipinski definition) is 1. The first-order chi connectivity index (χ1) is 27.9. The average Bonchev–Trinajstić information content (AvgIpc) is 3.65. The molecule has 1 N–H and O–H groups in total. The molecule has 4 saturated heterocycles. The van der Waals surface area contributed by atoms with Gasteiger partial charge in [-0.25, -0.2) is 0 Å². The van der Waals surface area contributed by atoms with Crippen molar-refractivity contribution >= 4 is 14.3 Å². The third-order valence-electron chi connectivity index (χ3n) is 14.4. The lowest BCUT2D eigenvalue weighted by atomic mass is 9.60. The number of aliphatic hydroxyl groups is 1. The molecule has 1 spiro atoms. The van der Waals surface area contributed by atoms with Gasteiger partial charge < -0.3 is 52.2 Å². The van der Waals surface area contributed by atoms with Crippen LogP contribution in [0, 0.1) is 29.1 Å². The van der Waals surface area contributed by atoms with Crippen molar-refractivity contribution in [1.82, 2.24) is 0 Å². The molecule has 332 valence electrons. The zero-order valence-electron chi connectivity index (χ0n) is 37.3. The predicted octanol–water partition coefficient (Wildman–Crippen LogP) is 7.16. The van der Waals surface area contributed by atoms with Crippen LogP contribution in [0.3, 0.4) is 0 Å². The Kier molecular flexibility index (Phi) is 13.6. The maximum atomic E-state index is 14.8. The first-order valence-corrected chi connectivity index (χ1v) is 25.3. The summed E-state index contributed by atoms with van der Waals surface area (Å²) in [6, 6.07) is 0.875. The lowest BCUT2D eigenvalue weighted by molar-refractivity contribution is -0.300. The van der Waals surface area contributed by atoms with Gasteiger partial charge in [0.2, 0.25) is 0 Å². The fourth-order valence-electron chi connectivity index (χ4n) is 11.4. The summed E-state index contributed by atoms with van der Waals surface area (Å²) >= 11 is 0. The monoisotopic (exact) mass is 844 g/mol. The van der Waals surface area contributed by atoms with Gasteiger partial charge in [-0.2, -0.15) is 0 Å². The van der Waals surface area contributed by atoms with E-state index in [4.69, 9.17) is 47.1 Å². The minimum Gasteiger partial charge on any atom is -0.462 e. The molecule has 6 aliphatic heterocycles. The molecule has 7 aliphatic rings. The topological polar surface area (TPSA) is 130 Å². The number of carbonyl (C=O) groups excluding carboxylic acids is 1. The van der Waals surface area contributed by atoms with E-state index in [0.29, 0.717) is 43.6 Å². The Bertz CT molecular complexity index is 1630. The number of methoxy groups -OCH3 is 2. The molecule has 17 atom stereocenters. The van der Waals surface area contributed by atoms with Crippen molar-refractivity contribution < 1.29 is 57.0 Å². The summed E-state index contributed by atoms with van der Waals surface area (Å²) in [5.74, 6) is -1.90. The number of rotatable bonds is 8. The predicted molar refractivity (Wildman–Crippen MR) is 224 cm³/mol. The van der Waals surface area contributed by atoms with Gasteiger partial charge >= 0.3 is 5.97 Å². The molecule has 1 unspecified atom stereocenters. The first kappa shape index (κ1) is 45.3. The molecule has 0 aromatic rings. The Labute approximate surface area is 353 Å². The largest absolute Gasteiger partial charge is 0.462 e. The van der Waals surface area contributed by atoms with E-state index in [1.54, 1.807) is 14.2 Å². The third-order valence-corrected chi connectivity index (χ3v) is 17.0. The van der Waals surface area contributed by atoms with E-state index in [1.165, 1.54) is 0 Å². The number of carbonyl (C=O) groups is 1. The molecule has 6 heterocycles. The van der Waals surface area contributed by atoms with Gasteiger partial charge in [-0.15, -0.1) is 0 Å². The Morgan fingerprint density at radius 3 is 2.54 bits per heavy atom. The molecule has 12 nitrogen and oxygen atoms in total. The van der Waals surface area contributed by atoms with Crippen LogP contribution < -0.4 is 0 Å². The van der Waals surface area contributed by atoms with Gasteiger partial charge in [0.15, 0.2) is 20.4 Å². The summed E-state index contributed by atoms with van der Waals surface area (Å²) in [6.07, 6.45) is 12.0. The fourth-order valence-corrected chi connectivity index (χ4v) is 14.9. The minimum atomic E-state index is -2.09. The summed E-state index contributed by atoms with van der Waals surface area (Å²) in [5, 5.41) is 13.0. The Hall–Kier alpha value is -1.75. The van der Waals surface area contributed by atoms with Crippen LogP contribution in [-0.2, 0) is 51.9 Å². The molecule has 0 radical (unpaired) electrons. The summed E-state index contributed by atoms with van der Waals surface area (Å²) in [5.41, 5.74) is -0.265. The second-order valence-corrected chi connectivity index (χ2v) is 23.8. The molecule has 7 rings (SSSR count). The SMILES string of the molecule is CCC(C)[C@H]1O[C@@]2(C=C[C@@H]1C)C[C@@H]1C[C@@H](C/C=C(\C)[C@@H](O[C@H]3C[C@H](OC)[C@@H](OCOC)[C@H](C)O3)[C@@H](C)/C=C/C=C3\CO[C@@H]4[C@@H]5O[Si](C)(C)C[C@]5(C)C[C@@H](C(=O)O1)[C@]34O)O2. The van der Waals surface area contributed by atoms with Gasteiger partial charge in [-0.1, -0.05) is 71.4 Å². The van der Waals surface area contributed by atoms with Crippen molar-refractivity contribution in [2.75, 3.05) is 27.6 Å². The van der Waals surface area contributed by atoms with Gasteiger partial charge in [0.1, 0.15) is 30.7 Å². The van der Waals surface area contributed by atoms with Crippen LogP contribution in [0.4, 0.5) is 0 Å². The highest BCUT2D eigenvalue weighted by atomic mass is 28.4. The second-order valence-electron chi connectivity index (χ2n) is 19.7. The van der Waals surface area contributed by atoms with E-state index in [0.717, 1.165) is 18.0 Å². The molecule has 59 heavy (non-hydrogen) atoms. The molecule has 1 aliphatic carbocycles. The van der Waals surface area contributed by atoms with Gasteiger partial charge in [-0.05, 0) is 74.4 Å². The summed E-state index contributed by atoms with van der Waals surface area (Å²) in [4.78, 5) is 14.8. The molecule has 2 bridgehead atoms. The van der Waals surface area contributed by atoms with Gasteiger partial charge in [0.05, 0.1) is 49.1 Å². The van der Waals surface area contributed by atoms with E-state index >= 15 is 0 Å². The maximum Gasteiger partial charge on any atom is 0.312 e. The van der Waals surface area contributed by atoms with Crippen LogP contribution in [0.2, 0.25) is 19.1 Å². The standard InChI is InChI=1S/C46H72O12Si/c1-12-27(2)39-30(5)18-19-45(57-39)22-34-20-33(56-45)17-16-29(4)38(55-37-21-36(50-9)40(31(6)53-37)52-26-49-8)28(3)14-13-15-32-24-51-42-41-44(7,25-59(10,11)58-41)23-35(43(47)54-34)46(32,42)48/h13-16,18-19,27-28,30-31,33-42,48H,12,17,20-26H2,1-11H3/b14-13+,29-16+,32-15+/t27?,28-,30-,31-,33+,34-,35-,36-,37-,38-,39+,40-,41-,42+,44-,45-,46+/m0/s1. The number of ether oxygens (including phenoxy) is 9. The van der Waals surface area contributed by atoms with Crippen molar-refractivity contribution in [3.05, 3.63) is 47.6 Å². The van der Waals surface area contributed by atoms with Crippen LogP contribution in [0.25, 0.3) is 0 Å². The Morgan fingerprint density at radius 2 is 1.81 bits per heavy atom. The molecular formula is C46H72O12Si. The molecule has 0 amide bonds. The van der Waals surface area contributed by atoms with Crippen molar-refractivity contribution in [2.24, 2.45) is 29.1 Å². The number of fused-ring (bicyclic) bond motifs is 4. The van der Waals surface area contributed by atoms with Crippen LogP contribution in [0.15, 0.2) is 47.6 Å². The van der Waals surface area contributed by atoms with E-state index in [9.17, 15) is 9.90 Å². The molecule has 0 aromatic carbocycles. The Morgan fingerprint density at radius 1 is 1.03 bits per heavy atom. The number of allylic oxidation sites excluding steroid dienone is 2. The van der Waals surface area contributed by atoms with E-state index in [2.05, 4.69) is 72.9 Å². The highest BCUT2D eigenvalue weighted by Gasteiger charge is 2.69. The lowest BCUT2D eigenvalue weighted by Gasteiger charge is -2.51. The number of hydrogen-bond acceptors (Lipinski definition) is 12. The van der Waals surface area contributed by atoms with Gasteiger partial charge in [0, 0.05) is 45.3 Å². The zero-order chi connectivity index (χ0) is 42.5. The fraction of sp³-hybridized carbons (Fsp3) is 0.804. The second kappa shape index (κ2) is 17.8. The molecule has 5 fully saturated rings. The van der Waals surface area contributed by atoms with Crippen LogP contribution in [-0.4, -0.2) is 120 Å². The van der Waals surface area contributed by atoms with Gasteiger partial charge in [0.25, 0.3) is 0 Å². The number of esters is 1. The average molecular weight is 845 g/mol. The highest BCUT2D eigenvalue weighted by molar-refractivity contribution is 6.72. The smallest absolute Gasteiger partial charge is 0.312 e. The normalized spacial score (nSPS) is 48.9. The van der Waals surface area contributed by atoms with E-state index in [-0.39, 0.29) is 73.4 Å². The minimum absolute atomic E-state index is 0.0520. The van der Waals surface area contributed by atoms with Crippen molar-refractivity contribution in [2.45, 2.75) is 179 Å². The van der Waals surface area contributed by atoms with E-state index in [1.807, 2.05) is 25.2 Å². The van der Waals surface area contributed by atoms with Gasteiger partial charge in [-0.3, -0.25) is 4.79 Å². The molecule has 1 saturated carbocycles. The molecule has 13 heteroatoms. The maximum absolute atomic E-state index is 14.8. The lowest BCUT2D eigenvalue weighted by Crippen LogP contribution is -2.63. The highest BCUT2D eigenvalue weighted by Crippen LogP contribution is 2.59. The van der Waals surface area contributed by atoms with Crippen molar-refractivity contribution in [1.29, 1.82) is 0 Å².